The molecule has 0 saturated carbocycles. The number of rotatable bonds is 4. The maximum Gasteiger partial charge on any atom is 0.160 e. The summed E-state index contributed by atoms with van der Waals surface area (Å²) in [7, 11) is 0. The van der Waals surface area contributed by atoms with E-state index in [1.165, 1.54) is 72.0 Å². The fraction of sp³-hybridized carbons (Fsp3) is 0.0172. The summed E-state index contributed by atoms with van der Waals surface area (Å²) in [6.45, 7) is 0. The number of benzene rings is 9. The van der Waals surface area contributed by atoms with E-state index < -0.39 is 5.41 Å². The quantitative estimate of drug-likeness (QED) is 0.179. The smallest absolute Gasteiger partial charge is 0.160 e. The lowest BCUT2D eigenvalue weighted by atomic mass is 9.65. The first-order chi connectivity index (χ1) is 30.2. The molecule has 0 radical (unpaired) electrons. The van der Waals surface area contributed by atoms with Crippen molar-refractivity contribution in [3.8, 4) is 84.5 Å². The van der Waals surface area contributed by atoms with Gasteiger partial charge in [-0.05, 0) is 102 Å². The Bertz CT molecular complexity index is 3380. The normalized spacial score (nSPS) is 12.7. The van der Waals surface area contributed by atoms with Crippen molar-refractivity contribution in [3.63, 3.8) is 0 Å². The van der Waals surface area contributed by atoms with E-state index in [2.05, 4.69) is 194 Å². The SMILES string of the molecule is N#Cc1ccc(-c2cc(-c3ccc4c(c3)C3(c5ccccc5-c5ccccc5-4)c4ccccc4-c4ccccc43)nc(-c3ccc(-c4cccc5ccccc45)cc3)n2)cc1. The summed E-state index contributed by atoms with van der Waals surface area (Å²) in [5.41, 5.74) is 19.2. The van der Waals surface area contributed by atoms with Gasteiger partial charge in [0.25, 0.3) is 0 Å². The summed E-state index contributed by atoms with van der Waals surface area (Å²) >= 11 is 0. The summed E-state index contributed by atoms with van der Waals surface area (Å²) in [6, 6.07) is 78.2. The fourth-order valence-electron chi connectivity index (χ4n) is 10.1. The molecule has 3 nitrogen and oxygen atoms in total. The van der Waals surface area contributed by atoms with Crippen molar-refractivity contribution in [2.24, 2.45) is 0 Å². The summed E-state index contributed by atoms with van der Waals surface area (Å²) < 4.78 is 0. The van der Waals surface area contributed by atoms with Gasteiger partial charge in [0.05, 0.1) is 28.4 Å². The molecule has 1 heterocycles. The van der Waals surface area contributed by atoms with Gasteiger partial charge in [-0.1, -0.05) is 188 Å². The largest absolute Gasteiger partial charge is 0.228 e. The minimum Gasteiger partial charge on any atom is -0.228 e. The van der Waals surface area contributed by atoms with Gasteiger partial charge in [0.1, 0.15) is 0 Å². The second-order valence-electron chi connectivity index (χ2n) is 15.9. The predicted molar refractivity (Wildman–Crippen MR) is 248 cm³/mol. The molecule has 12 rings (SSSR count). The molecule has 0 atom stereocenters. The lowest BCUT2D eigenvalue weighted by Crippen LogP contribution is -2.29. The van der Waals surface area contributed by atoms with Crippen LogP contribution in [0.15, 0.2) is 212 Å². The van der Waals surface area contributed by atoms with Crippen LogP contribution in [0, 0.1) is 11.3 Å². The molecule has 0 N–H and O–H groups in total. The molecule has 0 aliphatic heterocycles. The molecule has 0 bridgehead atoms. The van der Waals surface area contributed by atoms with Crippen molar-refractivity contribution in [2.75, 3.05) is 0 Å². The van der Waals surface area contributed by atoms with Crippen LogP contribution in [-0.4, -0.2) is 9.97 Å². The molecule has 1 aromatic heterocycles. The number of nitrogens with zero attached hydrogens (tertiary/aromatic N) is 3. The standard InChI is InChI=1S/C58H35N3/c59-36-37-24-26-40(27-25-37)55-35-56(61-57(60-55)41-30-28-39(29-31-41)44-20-11-13-38-12-1-2-14-43(38)44)42-32-33-50-46-16-4-3-15-45(46)47-17-5-8-21-51(47)58(54(50)34-42)52-22-9-6-18-48(52)49-19-7-10-23-53(49)58/h1-35H. The van der Waals surface area contributed by atoms with Gasteiger partial charge >= 0.3 is 0 Å². The van der Waals surface area contributed by atoms with Crippen molar-refractivity contribution in [1.29, 1.82) is 5.26 Å². The molecular weight excluding hydrogens is 739 g/mol. The van der Waals surface area contributed by atoms with Gasteiger partial charge in [-0.3, -0.25) is 0 Å². The third-order valence-electron chi connectivity index (χ3n) is 12.8. The van der Waals surface area contributed by atoms with Gasteiger partial charge < -0.3 is 0 Å². The topological polar surface area (TPSA) is 49.6 Å². The molecule has 0 saturated heterocycles. The highest BCUT2D eigenvalue weighted by atomic mass is 14.9. The van der Waals surface area contributed by atoms with Crippen LogP contribution in [0.3, 0.4) is 0 Å². The van der Waals surface area contributed by atoms with E-state index in [0.29, 0.717) is 11.4 Å². The summed E-state index contributed by atoms with van der Waals surface area (Å²) in [5.74, 6) is 0.637. The van der Waals surface area contributed by atoms with Crippen LogP contribution >= 0.6 is 0 Å². The number of hydrogen-bond donors (Lipinski definition) is 0. The van der Waals surface area contributed by atoms with Crippen LogP contribution in [0.5, 0.6) is 0 Å². The zero-order chi connectivity index (χ0) is 40.5. The van der Waals surface area contributed by atoms with Crippen molar-refractivity contribution in [2.45, 2.75) is 5.41 Å². The molecule has 2 aliphatic rings. The predicted octanol–water partition coefficient (Wildman–Crippen LogP) is 14.2. The third kappa shape index (κ3) is 5.29. The van der Waals surface area contributed by atoms with Crippen molar-refractivity contribution in [3.05, 3.63) is 240 Å². The molecule has 61 heavy (non-hydrogen) atoms. The Hall–Kier alpha value is -8.19. The van der Waals surface area contributed by atoms with Crippen LogP contribution in [0.2, 0.25) is 0 Å². The third-order valence-corrected chi connectivity index (χ3v) is 12.8. The van der Waals surface area contributed by atoms with E-state index in [0.717, 1.165) is 33.6 Å². The molecule has 9 aromatic carbocycles. The summed E-state index contributed by atoms with van der Waals surface area (Å²) in [6.07, 6.45) is 0. The zero-order valence-electron chi connectivity index (χ0n) is 33.0. The lowest BCUT2D eigenvalue weighted by molar-refractivity contribution is 0.775. The highest BCUT2D eigenvalue weighted by Crippen LogP contribution is 2.61. The molecule has 1 spiro atoms. The average Bonchev–Trinajstić information content (AvgIpc) is 3.58. The van der Waals surface area contributed by atoms with Crippen LogP contribution in [0.25, 0.3) is 89.2 Å². The van der Waals surface area contributed by atoms with Gasteiger partial charge in [-0.15, -0.1) is 0 Å². The van der Waals surface area contributed by atoms with Gasteiger partial charge in [0.2, 0.25) is 0 Å². The zero-order valence-corrected chi connectivity index (χ0v) is 33.0. The monoisotopic (exact) mass is 773 g/mol. The highest BCUT2D eigenvalue weighted by Gasteiger charge is 2.49. The maximum atomic E-state index is 9.62. The van der Waals surface area contributed by atoms with Crippen LogP contribution < -0.4 is 0 Å². The Labute approximate surface area is 354 Å². The van der Waals surface area contributed by atoms with Gasteiger partial charge in [-0.25, -0.2) is 9.97 Å². The molecule has 3 heteroatoms. The Kier molecular flexibility index (Phi) is 7.82. The van der Waals surface area contributed by atoms with Crippen molar-refractivity contribution >= 4 is 10.8 Å². The molecule has 2 aliphatic carbocycles. The van der Waals surface area contributed by atoms with Crippen LogP contribution in [-0.2, 0) is 5.41 Å². The highest BCUT2D eigenvalue weighted by molar-refractivity contribution is 5.99. The first-order valence-electron chi connectivity index (χ1n) is 20.7. The van der Waals surface area contributed by atoms with E-state index in [1.54, 1.807) is 0 Å². The molecule has 0 unspecified atom stereocenters. The molecular formula is C58H35N3. The Morgan fingerprint density at radius 2 is 0.803 bits per heavy atom. The molecule has 282 valence electrons. The number of aromatic nitrogens is 2. The summed E-state index contributed by atoms with van der Waals surface area (Å²) in [5, 5.41) is 12.1. The second-order valence-corrected chi connectivity index (χ2v) is 15.9. The minimum absolute atomic E-state index is 0.600. The van der Waals surface area contributed by atoms with Crippen molar-refractivity contribution < 1.29 is 0 Å². The first-order valence-corrected chi connectivity index (χ1v) is 20.7. The van der Waals surface area contributed by atoms with Gasteiger partial charge in [-0.2, -0.15) is 5.26 Å². The Morgan fingerprint density at radius 1 is 0.344 bits per heavy atom. The van der Waals surface area contributed by atoms with Crippen LogP contribution in [0.4, 0.5) is 0 Å². The second kappa shape index (κ2) is 13.7. The fourth-order valence-corrected chi connectivity index (χ4v) is 10.1. The van der Waals surface area contributed by atoms with Crippen molar-refractivity contribution in [1.82, 2.24) is 9.97 Å². The summed E-state index contributed by atoms with van der Waals surface area (Å²) in [4.78, 5) is 10.6. The number of nitriles is 1. The molecule has 10 aromatic rings. The van der Waals surface area contributed by atoms with Gasteiger partial charge in [0.15, 0.2) is 5.82 Å². The Morgan fingerprint density at radius 3 is 1.44 bits per heavy atom. The number of hydrogen-bond acceptors (Lipinski definition) is 3. The molecule has 0 fully saturated rings. The van der Waals surface area contributed by atoms with Gasteiger partial charge in [0, 0.05) is 16.7 Å². The van der Waals surface area contributed by atoms with E-state index in [-0.39, 0.29) is 0 Å². The Balaban J connectivity index is 1.10. The lowest BCUT2D eigenvalue weighted by Gasteiger charge is -2.35. The van der Waals surface area contributed by atoms with E-state index in [4.69, 9.17) is 9.97 Å². The first kappa shape index (κ1) is 34.8. The maximum absolute atomic E-state index is 9.62. The minimum atomic E-state index is -0.600. The number of fused-ring (bicyclic) bond motifs is 13. The molecule has 0 amide bonds. The van der Waals surface area contributed by atoms with E-state index in [1.807, 2.05) is 24.3 Å². The van der Waals surface area contributed by atoms with E-state index >= 15 is 0 Å². The average molecular weight is 774 g/mol. The van der Waals surface area contributed by atoms with Crippen LogP contribution in [0.1, 0.15) is 27.8 Å². The van der Waals surface area contributed by atoms with E-state index in [9.17, 15) is 5.26 Å².